The van der Waals surface area contributed by atoms with E-state index >= 15 is 0 Å². The predicted octanol–water partition coefficient (Wildman–Crippen LogP) is 3.33. The van der Waals surface area contributed by atoms with E-state index in [1.165, 1.54) is 12.8 Å². The van der Waals surface area contributed by atoms with Crippen LogP contribution in [0.5, 0.6) is 0 Å². The molecule has 1 fully saturated rings. The van der Waals surface area contributed by atoms with Crippen LogP contribution in [0, 0.1) is 12.8 Å². The van der Waals surface area contributed by atoms with Gasteiger partial charge in [-0.2, -0.15) is 0 Å². The maximum absolute atomic E-state index is 12.5. The SMILES string of the molecule is CCCC1(CC)N(C)C(=O)c2c(C)cc(Br)c(=O)n21.NC/C=C/NCC1CC1. The van der Waals surface area contributed by atoms with Crippen LogP contribution in [0.4, 0.5) is 0 Å². The van der Waals surface area contributed by atoms with Crippen molar-refractivity contribution in [2.24, 2.45) is 11.7 Å². The van der Waals surface area contributed by atoms with Crippen LogP contribution < -0.4 is 16.6 Å². The second kappa shape index (κ2) is 9.74. The highest BCUT2D eigenvalue weighted by Crippen LogP contribution is 2.38. The largest absolute Gasteiger partial charge is 0.391 e. The molecule has 2 aliphatic rings. The number of aromatic nitrogens is 1. The van der Waals surface area contributed by atoms with Gasteiger partial charge in [0.2, 0.25) is 0 Å². The van der Waals surface area contributed by atoms with E-state index in [2.05, 4.69) is 28.2 Å². The predicted molar refractivity (Wildman–Crippen MR) is 117 cm³/mol. The van der Waals surface area contributed by atoms with Crippen LogP contribution in [-0.2, 0) is 5.66 Å². The third-order valence-electron chi connectivity index (χ3n) is 5.59. The van der Waals surface area contributed by atoms with Gasteiger partial charge in [0.1, 0.15) is 11.4 Å². The lowest BCUT2D eigenvalue weighted by molar-refractivity contribution is 0.0409. The molecule has 1 aromatic heterocycles. The van der Waals surface area contributed by atoms with Gasteiger partial charge in [-0.15, -0.1) is 0 Å². The topological polar surface area (TPSA) is 80.4 Å². The van der Waals surface area contributed by atoms with Crippen molar-refractivity contribution in [3.8, 4) is 0 Å². The van der Waals surface area contributed by atoms with Gasteiger partial charge in [-0.25, -0.2) is 0 Å². The van der Waals surface area contributed by atoms with Crippen LogP contribution in [0.2, 0.25) is 0 Å². The fourth-order valence-electron chi connectivity index (χ4n) is 3.82. The van der Waals surface area contributed by atoms with Gasteiger partial charge in [-0.3, -0.25) is 14.2 Å². The van der Waals surface area contributed by atoms with Crippen LogP contribution >= 0.6 is 15.9 Å². The maximum atomic E-state index is 12.5. The molecule has 0 bridgehead atoms. The third kappa shape index (κ3) is 4.51. The molecule has 0 aromatic carbocycles. The molecule has 6 nitrogen and oxygen atoms in total. The Morgan fingerprint density at radius 2 is 2.04 bits per heavy atom. The maximum Gasteiger partial charge on any atom is 0.272 e. The molecule has 1 saturated carbocycles. The Morgan fingerprint density at radius 1 is 1.36 bits per heavy atom. The summed E-state index contributed by atoms with van der Waals surface area (Å²) in [6.45, 7) is 7.74. The molecule has 3 N–H and O–H groups in total. The lowest BCUT2D eigenvalue weighted by Gasteiger charge is -2.36. The molecule has 1 unspecified atom stereocenters. The second-order valence-corrected chi connectivity index (χ2v) is 8.46. The molecular weight excluding hydrogens is 420 g/mol. The summed E-state index contributed by atoms with van der Waals surface area (Å²) in [4.78, 5) is 26.7. The van der Waals surface area contributed by atoms with E-state index in [0.29, 0.717) is 16.7 Å². The third-order valence-corrected chi connectivity index (χ3v) is 6.16. The average molecular weight is 453 g/mol. The number of hydrogen-bond acceptors (Lipinski definition) is 4. The van der Waals surface area contributed by atoms with Crippen molar-refractivity contribution in [2.75, 3.05) is 20.1 Å². The number of nitrogens with two attached hydrogens (primary N) is 1. The molecule has 1 aromatic rings. The number of nitrogens with zero attached hydrogens (tertiary/aromatic N) is 2. The van der Waals surface area contributed by atoms with Gasteiger partial charge in [-0.1, -0.05) is 26.3 Å². The van der Waals surface area contributed by atoms with E-state index in [-0.39, 0.29) is 11.5 Å². The Balaban J connectivity index is 0.000000261. The molecule has 1 aliphatic carbocycles. The highest BCUT2D eigenvalue weighted by atomic mass is 79.9. The molecule has 0 radical (unpaired) electrons. The van der Waals surface area contributed by atoms with Crippen molar-refractivity contribution in [3.05, 3.63) is 44.4 Å². The summed E-state index contributed by atoms with van der Waals surface area (Å²) in [6.07, 6.45) is 9.12. The Kier molecular flexibility index (Phi) is 7.89. The van der Waals surface area contributed by atoms with E-state index in [1.54, 1.807) is 22.6 Å². The fourth-order valence-corrected chi connectivity index (χ4v) is 4.34. The quantitative estimate of drug-likeness (QED) is 0.664. The van der Waals surface area contributed by atoms with Crippen molar-refractivity contribution in [1.82, 2.24) is 14.8 Å². The molecule has 1 atom stereocenters. The number of halogens is 1. The zero-order chi connectivity index (χ0) is 20.9. The molecule has 3 rings (SSSR count). The van der Waals surface area contributed by atoms with E-state index in [9.17, 15) is 9.59 Å². The Bertz CT molecular complexity index is 785. The van der Waals surface area contributed by atoms with Crippen LogP contribution in [0.3, 0.4) is 0 Å². The van der Waals surface area contributed by atoms with E-state index < -0.39 is 5.66 Å². The smallest absolute Gasteiger partial charge is 0.272 e. The zero-order valence-corrected chi connectivity index (χ0v) is 19.0. The van der Waals surface area contributed by atoms with Crippen molar-refractivity contribution in [3.63, 3.8) is 0 Å². The van der Waals surface area contributed by atoms with Gasteiger partial charge in [0.15, 0.2) is 0 Å². The van der Waals surface area contributed by atoms with E-state index in [4.69, 9.17) is 5.73 Å². The summed E-state index contributed by atoms with van der Waals surface area (Å²) < 4.78 is 2.21. The molecule has 156 valence electrons. The fraction of sp³-hybridized carbons (Fsp3) is 0.619. The second-order valence-electron chi connectivity index (χ2n) is 7.60. The van der Waals surface area contributed by atoms with Crippen molar-refractivity contribution in [1.29, 1.82) is 0 Å². The van der Waals surface area contributed by atoms with Crippen LogP contribution in [-0.4, -0.2) is 35.5 Å². The number of nitrogens with one attached hydrogen (secondary N) is 1. The number of carbonyl (C=O) groups is 1. The van der Waals surface area contributed by atoms with Gasteiger partial charge in [0.25, 0.3) is 11.5 Å². The van der Waals surface area contributed by atoms with Gasteiger partial charge in [0.05, 0.1) is 4.47 Å². The molecule has 1 aliphatic heterocycles. The van der Waals surface area contributed by atoms with Crippen LogP contribution in [0.1, 0.15) is 62.0 Å². The van der Waals surface area contributed by atoms with E-state index in [1.807, 2.05) is 26.1 Å². The highest BCUT2D eigenvalue weighted by Gasteiger charge is 2.47. The standard InChI is InChI=1S/C14H19BrN2O2.C7H14N2/c1-5-7-14(6-2)16(4)13(19)11-9(3)8-10(15)12(18)17(11)14;8-4-1-5-9-6-7-2-3-7/h8H,5-7H2,1-4H3;1,5,7,9H,2-4,6,8H2/b;5-1+. The average Bonchev–Trinajstić information content (AvgIpc) is 3.47. The lowest BCUT2D eigenvalue weighted by Crippen LogP contribution is -2.47. The summed E-state index contributed by atoms with van der Waals surface area (Å²) in [7, 11) is 1.79. The summed E-state index contributed by atoms with van der Waals surface area (Å²) in [6, 6.07) is 1.73. The number of fused-ring (bicyclic) bond motifs is 1. The van der Waals surface area contributed by atoms with E-state index in [0.717, 1.165) is 37.3 Å². The minimum atomic E-state index is -0.521. The summed E-state index contributed by atoms with van der Waals surface area (Å²) in [5, 5.41) is 3.19. The number of rotatable bonds is 7. The number of carbonyl (C=O) groups excluding carboxylic acids is 1. The van der Waals surface area contributed by atoms with Gasteiger partial charge in [0, 0.05) is 20.1 Å². The first-order chi connectivity index (χ1) is 13.3. The van der Waals surface area contributed by atoms with Crippen LogP contribution in [0.25, 0.3) is 0 Å². The monoisotopic (exact) mass is 452 g/mol. The Hall–Kier alpha value is -1.60. The van der Waals surface area contributed by atoms with Gasteiger partial charge < -0.3 is 16.0 Å². The van der Waals surface area contributed by atoms with Crippen molar-refractivity contribution < 1.29 is 4.79 Å². The molecule has 0 saturated heterocycles. The number of aryl methyl sites for hydroxylation is 1. The molecule has 2 heterocycles. The summed E-state index contributed by atoms with van der Waals surface area (Å²) in [5.74, 6) is 0.893. The molecular formula is C21H33BrN4O2. The van der Waals surface area contributed by atoms with Crippen molar-refractivity contribution in [2.45, 2.75) is 58.5 Å². The zero-order valence-electron chi connectivity index (χ0n) is 17.4. The molecule has 0 spiro atoms. The normalized spacial score (nSPS) is 20.9. The van der Waals surface area contributed by atoms with Crippen LogP contribution in [0.15, 0.2) is 27.6 Å². The summed E-state index contributed by atoms with van der Waals surface area (Å²) in [5.41, 5.74) is 5.97. The first-order valence-electron chi connectivity index (χ1n) is 10.1. The number of amides is 1. The molecule has 1 amide bonds. The Labute approximate surface area is 176 Å². The highest BCUT2D eigenvalue weighted by molar-refractivity contribution is 9.10. The van der Waals surface area contributed by atoms with Gasteiger partial charge >= 0.3 is 0 Å². The Morgan fingerprint density at radius 3 is 2.57 bits per heavy atom. The first-order valence-corrected chi connectivity index (χ1v) is 10.9. The minimum absolute atomic E-state index is 0.0580. The summed E-state index contributed by atoms with van der Waals surface area (Å²) >= 11 is 3.31. The lowest BCUT2D eigenvalue weighted by atomic mass is 10.00. The minimum Gasteiger partial charge on any atom is -0.391 e. The van der Waals surface area contributed by atoms with Gasteiger partial charge in [-0.05, 0) is 72.3 Å². The number of pyridine rings is 1. The first kappa shape index (κ1) is 22.7. The number of hydrogen-bond donors (Lipinski definition) is 2. The molecule has 28 heavy (non-hydrogen) atoms. The van der Waals surface area contributed by atoms with Crippen molar-refractivity contribution >= 4 is 21.8 Å². The molecule has 7 heteroatoms.